The molecule has 3 nitrogen and oxygen atoms in total. The van der Waals surface area contributed by atoms with E-state index in [4.69, 9.17) is 14.2 Å². The number of rotatable bonds is 17. The lowest BCUT2D eigenvalue weighted by Gasteiger charge is -2.25. The summed E-state index contributed by atoms with van der Waals surface area (Å²) in [4.78, 5) is 0. The Morgan fingerprint density at radius 3 is 1.75 bits per heavy atom. The Morgan fingerprint density at radius 1 is 0.656 bits per heavy atom. The van der Waals surface area contributed by atoms with Gasteiger partial charge in [-0.2, -0.15) is 0 Å². The van der Waals surface area contributed by atoms with Crippen LogP contribution in [0.4, 0.5) is 0 Å². The Hall–Kier alpha value is -1.84. The monoisotopic (exact) mass is 440 g/mol. The Kier molecular flexibility index (Phi) is 13.1. The van der Waals surface area contributed by atoms with E-state index in [2.05, 4.69) is 39.8 Å². The first-order chi connectivity index (χ1) is 15.7. The highest BCUT2D eigenvalue weighted by atomic mass is 16.7. The molecule has 0 aromatic heterocycles. The highest BCUT2D eigenvalue weighted by Gasteiger charge is 2.18. The summed E-state index contributed by atoms with van der Waals surface area (Å²) >= 11 is 0. The molecule has 2 unspecified atom stereocenters. The average molecular weight is 441 g/mol. The van der Waals surface area contributed by atoms with Crippen molar-refractivity contribution in [1.82, 2.24) is 0 Å². The van der Waals surface area contributed by atoms with E-state index in [1.165, 1.54) is 38.5 Å². The van der Waals surface area contributed by atoms with Gasteiger partial charge in [0.2, 0.25) is 0 Å². The van der Waals surface area contributed by atoms with Crippen LogP contribution >= 0.6 is 0 Å². The minimum atomic E-state index is -0.360. The quantitative estimate of drug-likeness (QED) is 0.230. The molecule has 178 valence electrons. The molecule has 0 heterocycles. The summed E-state index contributed by atoms with van der Waals surface area (Å²) in [6, 6.07) is 18.0. The molecule has 2 atom stereocenters. The summed E-state index contributed by atoms with van der Waals surface area (Å²) in [6.45, 7) is 10.5. The molecule has 0 N–H and O–H groups in total. The van der Waals surface area contributed by atoms with Crippen molar-refractivity contribution in [2.24, 2.45) is 11.8 Å². The number of benzene rings is 2. The van der Waals surface area contributed by atoms with Gasteiger partial charge in [0.05, 0.1) is 13.2 Å². The van der Waals surface area contributed by atoms with E-state index in [0.29, 0.717) is 11.8 Å². The molecule has 2 rings (SSSR count). The lowest BCUT2D eigenvalue weighted by molar-refractivity contribution is -0.163. The molecule has 0 aliphatic carbocycles. The zero-order valence-electron chi connectivity index (χ0n) is 20.7. The van der Waals surface area contributed by atoms with Crippen LogP contribution in [0.5, 0.6) is 11.5 Å². The van der Waals surface area contributed by atoms with Crippen molar-refractivity contribution in [3.63, 3.8) is 0 Å². The van der Waals surface area contributed by atoms with Gasteiger partial charge in [-0.1, -0.05) is 96.6 Å². The van der Waals surface area contributed by atoms with Gasteiger partial charge in [0.15, 0.2) is 6.29 Å². The van der Waals surface area contributed by atoms with E-state index < -0.39 is 0 Å². The highest BCUT2D eigenvalue weighted by Crippen LogP contribution is 2.29. The summed E-state index contributed by atoms with van der Waals surface area (Å²) in [5.41, 5.74) is 1.02. The van der Waals surface area contributed by atoms with Crippen molar-refractivity contribution in [2.75, 3.05) is 13.2 Å². The minimum Gasteiger partial charge on any atom is -0.457 e. The normalized spacial score (nSPS) is 14.1. The third kappa shape index (κ3) is 9.75. The third-order valence-electron chi connectivity index (χ3n) is 6.16. The largest absolute Gasteiger partial charge is 0.457 e. The topological polar surface area (TPSA) is 27.7 Å². The zero-order chi connectivity index (χ0) is 23.0. The molecule has 0 spiro atoms. The van der Waals surface area contributed by atoms with E-state index >= 15 is 0 Å². The molecule has 0 saturated heterocycles. The predicted molar refractivity (Wildman–Crippen MR) is 134 cm³/mol. The van der Waals surface area contributed by atoms with E-state index in [1.807, 2.05) is 42.5 Å². The van der Waals surface area contributed by atoms with Gasteiger partial charge in [0, 0.05) is 5.56 Å². The van der Waals surface area contributed by atoms with Crippen LogP contribution in [0.25, 0.3) is 0 Å². The van der Waals surface area contributed by atoms with Gasteiger partial charge < -0.3 is 14.2 Å². The van der Waals surface area contributed by atoms with Gasteiger partial charge in [-0.05, 0) is 48.9 Å². The molecular formula is C29H44O3. The molecule has 0 amide bonds. The Balaban J connectivity index is 2.10. The van der Waals surface area contributed by atoms with Gasteiger partial charge in [-0.15, -0.1) is 0 Å². The van der Waals surface area contributed by atoms with Crippen LogP contribution in [0.15, 0.2) is 54.6 Å². The number of hydrogen-bond acceptors (Lipinski definition) is 3. The van der Waals surface area contributed by atoms with E-state index in [9.17, 15) is 0 Å². The van der Waals surface area contributed by atoms with Crippen LogP contribution in [0.1, 0.15) is 90.9 Å². The Labute approximate surface area is 196 Å². The third-order valence-corrected chi connectivity index (χ3v) is 6.16. The van der Waals surface area contributed by atoms with Crippen LogP contribution in [0, 0.1) is 11.8 Å². The van der Waals surface area contributed by atoms with Gasteiger partial charge in [0.1, 0.15) is 11.5 Å². The van der Waals surface area contributed by atoms with Crippen molar-refractivity contribution < 1.29 is 14.2 Å². The molecule has 0 aliphatic rings. The molecule has 0 fully saturated rings. The molecule has 2 aromatic rings. The number of ether oxygens (including phenoxy) is 3. The highest BCUT2D eigenvalue weighted by molar-refractivity contribution is 5.34. The predicted octanol–water partition coefficient (Wildman–Crippen LogP) is 8.94. The minimum absolute atomic E-state index is 0.360. The summed E-state index contributed by atoms with van der Waals surface area (Å²) in [5, 5.41) is 0. The first kappa shape index (κ1) is 26.4. The Bertz CT molecular complexity index is 695. The van der Waals surface area contributed by atoms with Crippen molar-refractivity contribution in [2.45, 2.75) is 85.4 Å². The van der Waals surface area contributed by atoms with Gasteiger partial charge in [0.25, 0.3) is 0 Å². The number of para-hydroxylation sites is 1. The molecular weight excluding hydrogens is 396 g/mol. The molecule has 0 bridgehead atoms. The molecule has 32 heavy (non-hydrogen) atoms. The van der Waals surface area contributed by atoms with E-state index in [1.54, 1.807) is 0 Å². The van der Waals surface area contributed by atoms with Crippen molar-refractivity contribution >= 4 is 0 Å². The molecule has 0 radical (unpaired) electrons. The van der Waals surface area contributed by atoms with Crippen LogP contribution in [-0.2, 0) is 9.47 Å². The van der Waals surface area contributed by atoms with Crippen LogP contribution in [0.2, 0.25) is 0 Å². The zero-order valence-corrected chi connectivity index (χ0v) is 20.7. The summed E-state index contributed by atoms with van der Waals surface area (Å²) in [7, 11) is 0. The van der Waals surface area contributed by atoms with Gasteiger partial charge in [-0.25, -0.2) is 0 Å². The first-order valence-corrected chi connectivity index (χ1v) is 12.8. The second kappa shape index (κ2) is 15.9. The maximum Gasteiger partial charge on any atom is 0.183 e. The molecule has 2 aromatic carbocycles. The molecule has 3 heteroatoms. The fourth-order valence-electron chi connectivity index (χ4n) is 3.83. The smallest absolute Gasteiger partial charge is 0.183 e. The summed E-state index contributed by atoms with van der Waals surface area (Å²) in [6.07, 6.45) is 9.30. The first-order valence-electron chi connectivity index (χ1n) is 12.8. The fourth-order valence-corrected chi connectivity index (χ4v) is 3.83. The standard InChI is InChI=1S/C29H44O3/c1-5-9-15-24(7-3)22-30-29(31-23-25(8-4)16-10-6-2)26-17-14-20-28(21-26)32-27-18-12-11-13-19-27/h11-14,17-21,24-25,29H,5-10,15-16,22-23H2,1-4H3. The van der Waals surface area contributed by atoms with E-state index in [-0.39, 0.29) is 6.29 Å². The lowest BCUT2D eigenvalue weighted by Crippen LogP contribution is -2.18. The maximum atomic E-state index is 6.41. The number of hydrogen-bond donors (Lipinski definition) is 0. The van der Waals surface area contributed by atoms with Crippen LogP contribution in [0.3, 0.4) is 0 Å². The van der Waals surface area contributed by atoms with Crippen molar-refractivity contribution in [3.8, 4) is 11.5 Å². The number of unbranched alkanes of at least 4 members (excludes halogenated alkanes) is 2. The van der Waals surface area contributed by atoms with Gasteiger partial charge >= 0.3 is 0 Å². The Morgan fingerprint density at radius 2 is 1.22 bits per heavy atom. The fraction of sp³-hybridized carbons (Fsp3) is 0.586. The summed E-state index contributed by atoms with van der Waals surface area (Å²) in [5.74, 6) is 2.79. The van der Waals surface area contributed by atoms with Crippen molar-refractivity contribution in [1.29, 1.82) is 0 Å². The van der Waals surface area contributed by atoms with E-state index in [0.717, 1.165) is 43.1 Å². The second-order valence-corrected chi connectivity index (χ2v) is 8.82. The second-order valence-electron chi connectivity index (χ2n) is 8.82. The molecule has 0 saturated carbocycles. The molecule has 0 aliphatic heterocycles. The summed E-state index contributed by atoms with van der Waals surface area (Å²) < 4.78 is 18.9. The average Bonchev–Trinajstić information content (AvgIpc) is 2.83. The SMILES string of the molecule is CCCCC(CC)COC(OCC(CC)CCCC)c1cccc(Oc2ccccc2)c1. The lowest BCUT2D eigenvalue weighted by atomic mass is 10.0. The maximum absolute atomic E-state index is 6.41. The van der Waals surface area contributed by atoms with Crippen molar-refractivity contribution in [3.05, 3.63) is 60.2 Å². The van der Waals surface area contributed by atoms with Gasteiger partial charge in [-0.3, -0.25) is 0 Å². The van der Waals surface area contributed by atoms with Crippen LogP contribution < -0.4 is 4.74 Å². The van der Waals surface area contributed by atoms with Crippen LogP contribution in [-0.4, -0.2) is 13.2 Å².